The third-order valence-corrected chi connectivity index (χ3v) is 3.69. The van der Waals surface area contributed by atoms with Crippen LogP contribution in [0.4, 0.5) is 0 Å². The molecule has 2 aromatic rings. The highest BCUT2D eigenvalue weighted by Gasteiger charge is 2.17. The van der Waals surface area contributed by atoms with E-state index < -0.39 is 6.10 Å². The van der Waals surface area contributed by atoms with Crippen molar-refractivity contribution >= 4 is 5.91 Å². The summed E-state index contributed by atoms with van der Waals surface area (Å²) in [6.07, 6.45) is 0.0709. The van der Waals surface area contributed by atoms with E-state index in [9.17, 15) is 4.79 Å². The average Bonchev–Trinajstić information content (AvgIpc) is 2.64. The number of amides is 1. The molecule has 0 unspecified atom stereocenters. The van der Waals surface area contributed by atoms with Gasteiger partial charge in [-0.1, -0.05) is 36.8 Å². The number of nitrogens with one attached hydrogen (secondary N) is 1. The van der Waals surface area contributed by atoms with Gasteiger partial charge in [0.2, 0.25) is 0 Å². The Morgan fingerprint density at radius 1 is 1.08 bits per heavy atom. The fourth-order valence-corrected chi connectivity index (χ4v) is 2.29. The molecular formula is C20H25NO4. The number of hydrogen-bond donors (Lipinski definition) is 1. The van der Waals surface area contributed by atoms with Crippen molar-refractivity contribution in [3.63, 3.8) is 0 Å². The lowest BCUT2D eigenvalue weighted by molar-refractivity contribution is -0.128. The monoisotopic (exact) mass is 343 g/mol. The van der Waals surface area contributed by atoms with Gasteiger partial charge < -0.3 is 19.5 Å². The summed E-state index contributed by atoms with van der Waals surface area (Å²) < 4.78 is 16.6. The van der Waals surface area contributed by atoms with Crippen molar-refractivity contribution < 1.29 is 19.0 Å². The van der Waals surface area contributed by atoms with E-state index in [0.29, 0.717) is 36.8 Å². The average molecular weight is 343 g/mol. The Hall–Kier alpha value is -2.69. The van der Waals surface area contributed by atoms with E-state index in [1.165, 1.54) is 0 Å². The maximum Gasteiger partial charge on any atom is 0.261 e. The number of aryl methyl sites for hydroxylation is 1. The number of ether oxygens (including phenoxy) is 3. The Kier molecular flexibility index (Phi) is 7.14. The van der Waals surface area contributed by atoms with Gasteiger partial charge in [0.25, 0.3) is 5.91 Å². The summed E-state index contributed by atoms with van der Waals surface area (Å²) >= 11 is 0. The van der Waals surface area contributed by atoms with Crippen molar-refractivity contribution in [3.05, 3.63) is 54.1 Å². The highest BCUT2D eigenvalue weighted by Crippen LogP contribution is 2.25. The molecule has 0 aliphatic heterocycles. The van der Waals surface area contributed by atoms with Gasteiger partial charge in [0, 0.05) is 0 Å². The molecule has 0 aliphatic rings. The SMILES string of the molecule is CC[C@H](Oc1ccc(C)cc1)C(=O)NCCOc1ccccc1OC. The highest BCUT2D eigenvalue weighted by molar-refractivity contribution is 5.81. The summed E-state index contributed by atoms with van der Waals surface area (Å²) in [6, 6.07) is 15.1. The van der Waals surface area contributed by atoms with Gasteiger partial charge in [0.15, 0.2) is 17.6 Å². The number of rotatable bonds is 9. The summed E-state index contributed by atoms with van der Waals surface area (Å²) in [6.45, 7) is 4.68. The Labute approximate surface area is 148 Å². The van der Waals surface area contributed by atoms with Gasteiger partial charge in [-0.3, -0.25) is 4.79 Å². The zero-order valence-electron chi connectivity index (χ0n) is 15.0. The van der Waals surface area contributed by atoms with E-state index in [1.807, 2.05) is 62.4 Å². The topological polar surface area (TPSA) is 56.8 Å². The minimum Gasteiger partial charge on any atom is -0.493 e. The van der Waals surface area contributed by atoms with Crippen molar-refractivity contribution in [1.29, 1.82) is 0 Å². The first-order chi connectivity index (χ1) is 12.1. The van der Waals surface area contributed by atoms with E-state index in [2.05, 4.69) is 5.32 Å². The summed E-state index contributed by atoms with van der Waals surface area (Å²) in [7, 11) is 1.60. The molecule has 0 bridgehead atoms. The molecule has 25 heavy (non-hydrogen) atoms. The fourth-order valence-electron chi connectivity index (χ4n) is 2.29. The molecule has 0 aromatic heterocycles. The van der Waals surface area contributed by atoms with Gasteiger partial charge in [-0.25, -0.2) is 0 Å². The predicted molar refractivity (Wildman–Crippen MR) is 97.4 cm³/mol. The van der Waals surface area contributed by atoms with Gasteiger partial charge in [-0.05, 0) is 37.6 Å². The molecule has 0 fully saturated rings. The van der Waals surface area contributed by atoms with E-state index in [0.717, 1.165) is 5.56 Å². The van der Waals surface area contributed by atoms with Crippen LogP contribution in [-0.2, 0) is 4.79 Å². The molecule has 1 atom stereocenters. The van der Waals surface area contributed by atoms with Crippen LogP contribution in [-0.4, -0.2) is 32.3 Å². The molecule has 0 saturated heterocycles. The number of para-hydroxylation sites is 2. The van der Waals surface area contributed by atoms with E-state index in [-0.39, 0.29) is 5.91 Å². The van der Waals surface area contributed by atoms with Crippen LogP contribution in [0.3, 0.4) is 0 Å². The molecule has 5 heteroatoms. The van der Waals surface area contributed by atoms with Crippen LogP contribution in [0.2, 0.25) is 0 Å². The van der Waals surface area contributed by atoms with Crippen molar-refractivity contribution in [3.8, 4) is 17.2 Å². The highest BCUT2D eigenvalue weighted by atomic mass is 16.5. The summed E-state index contributed by atoms with van der Waals surface area (Å²) in [4.78, 5) is 12.3. The van der Waals surface area contributed by atoms with Gasteiger partial charge >= 0.3 is 0 Å². The van der Waals surface area contributed by atoms with Crippen LogP contribution in [0, 0.1) is 6.92 Å². The number of benzene rings is 2. The van der Waals surface area contributed by atoms with Gasteiger partial charge in [-0.2, -0.15) is 0 Å². The number of hydrogen-bond acceptors (Lipinski definition) is 4. The van der Waals surface area contributed by atoms with Crippen LogP contribution < -0.4 is 19.5 Å². The first kappa shape index (κ1) is 18.6. The minimum absolute atomic E-state index is 0.147. The smallest absolute Gasteiger partial charge is 0.261 e. The van der Waals surface area contributed by atoms with E-state index >= 15 is 0 Å². The lowest BCUT2D eigenvalue weighted by atomic mass is 10.2. The standard InChI is InChI=1S/C20H25NO4/c1-4-17(25-16-11-9-15(2)10-12-16)20(22)21-13-14-24-19-8-6-5-7-18(19)23-3/h5-12,17H,4,13-14H2,1-3H3,(H,21,22)/t17-/m0/s1. The molecule has 0 radical (unpaired) electrons. The Balaban J connectivity index is 1.78. The van der Waals surface area contributed by atoms with Crippen molar-refractivity contribution in [2.24, 2.45) is 0 Å². The van der Waals surface area contributed by atoms with Crippen LogP contribution in [0.5, 0.6) is 17.2 Å². The maximum absolute atomic E-state index is 12.3. The second kappa shape index (κ2) is 9.57. The molecule has 0 aliphatic carbocycles. The molecule has 2 rings (SSSR count). The zero-order valence-corrected chi connectivity index (χ0v) is 15.0. The Bertz CT molecular complexity index is 670. The van der Waals surface area contributed by atoms with Crippen LogP contribution in [0.25, 0.3) is 0 Å². The van der Waals surface area contributed by atoms with Crippen LogP contribution in [0.1, 0.15) is 18.9 Å². The second-order valence-corrected chi connectivity index (χ2v) is 5.62. The molecule has 1 N–H and O–H groups in total. The maximum atomic E-state index is 12.3. The molecule has 5 nitrogen and oxygen atoms in total. The first-order valence-corrected chi connectivity index (χ1v) is 8.41. The predicted octanol–water partition coefficient (Wildman–Crippen LogP) is 3.36. The largest absolute Gasteiger partial charge is 0.493 e. The quantitative estimate of drug-likeness (QED) is 0.710. The lowest BCUT2D eigenvalue weighted by Gasteiger charge is -2.17. The Morgan fingerprint density at radius 2 is 1.76 bits per heavy atom. The van der Waals surface area contributed by atoms with Crippen LogP contribution in [0.15, 0.2) is 48.5 Å². The van der Waals surface area contributed by atoms with Gasteiger partial charge in [-0.15, -0.1) is 0 Å². The molecular weight excluding hydrogens is 318 g/mol. The number of methoxy groups -OCH3 is 1. The van der Waals surface area contributed by atoms with Crippen molar-refractivity contribution in [1.82, 2.24) is 5.32 Å². The molecule has 1 amide bonds. The molecule has 134 valence electrons. The minimum atomic E-state index is -0.519. The lowest BCUT2D eigenvalue weighted by Crippen LogP contribution is -2.39. The fraction of sp³-hybridized carbons (Fsp3) is 0.350. The Morgan fingerprint density at radius 3 is 2.40 bits per heavy atom. The van der Waals surface area contributed by atoms with Crippen LogP contribution >= 0.6 is 0 Å². The summed E-state index contributed by atoms with van der Waals surface area (Å²) in [5.41, 5.74) is 1.15. The summed E-state index contributed by atoms with van der Waals surface area (Å²) in [5.74, 6) is 1.87. The van der Waals surface area contributed by atoms with Gasteiger partial charge in [0.1, 0.15) is 12.4 Å². The van der Waals surface area contributed by atoms with Crippen molar-refractivity contribution in [2.45, 2.75) is 26.4 Å². The van der Waals surface area contributed by atoms with E-state index in [1.54, 1.807) is 7.11 Å². The normalized spacial score (nSPS) is 11.5. The van der Waals surface area contributed by atoms with Gasteiger partial charge in [0.05, 0.1) is 13.7 Å². The third-order valence-electron chi connectivity index (χ3n) is 3.69. The first-order valence-electron chi connectivity index (χ1n) is 8.41. The number of carbonyl (C=O) groups excluding carboxylic acids is 1. The molecule has 0 heterocycles. The number of carbonyl (C=O) groups is 1. The van der Waals surface area contributed by atoms with Crippen molar-refractivity contribution in [2.75, 3.05) is 20.3 Å². The van der Waals surface area contributed by atoms with E-state index in [4.69, 9.17) is 14.2 Å². The second-order valence-electron chi connectivity index (χ2n) is 5.62. The molecule has 0 saturated carbocycles. The molecule has 0 spiro atoms. The molecule has 2 aromatic carbocycles. The zero-order chi connectivity index (χ0) is 18.1. The summed E-state index contributed by atoms with van der Waals surface area (Å²) in [5, 5.41) is 2.84. The third kappa shape index (κ3) is 5.71.